The van der Waals surface area contributed by atoms with Gasteiger partial charge >= 0.3 is 0 Å². The average molecular weight is 132 g/mol. The second-order valence-electron chi connectivity index (χ2n) is 2.29. The smallest absolute Gasteiger partial charge is 0.00495 e. The summed E-state index contributed by atoms with van der Waals surface area (Å²) in [6.07, 6.45) is 1.29. The van der Waals surface area contributed by atoms with Gasteiger partial charge in [0.2, 0.25) is 0 Å². The molecule has 0 amide bonds. The third-order valence-corrected chi connectivity index (χ3v) is 0.972. The van der Waals surface area contributed by atoms with Gasteiger partial charge in [-0.25, -0.2) is 0 Å². The lowest BCUT2D eigenvalue weighted by atomic mass is 10.1. The molecule has 0 spiro atoms. The summed E-state index contributed by atoms with van der Waals surface area (Å²) >= 11 is 0. The van der Waals surface area contributed by atoms with Gasteiger partial charge in [0.25, 0.3) is 0 Å². The molecule has 0 aliphatic carbocycles. The van der Waals surface area contributed by atoms with Gasteiger partial charge in [-0.3, -0.25) is 0 Å². The highest BCUT2D eigenvalue weighted by molar-refractivity contribution is 4.45. The Kier molecular flexibility index (Phi) is 14.0. The molecule has 0 aromatic carbocycles. The second kappa shape index (κ2) is 10.8. The molecule has 0 aliphatic heterocycles. The average Bonchev–Trinajstić information content (AvgIpc) is 1.88. The highest BCUT2D eigenvalue weighted by Crippen LogP contribution is 1.94. The standard InChI is InChI=1S/C6H15N.CH5N/c1-6(2)4-5-7-3;1-2/h6-7H,4-5H2,1-3H3;2H2,1H3. The monoisotopic (exact) mass is 132 g/mol. The van der Waals surface area contributed by atoms with Crippen LogP contribution in [0.3, 0.4) is 0 Å². The molecular formula is C7H20N2. The van der Waals surface area contributed by atoms with Gasteiger partial charge in [0, 0.05) is 0 Å². The Morgan fingerprint density at radius 2 is 1.78 bits per heavy atom. The SMILES string of the molecule is CN.CNCCC(C)C. The molecule has 0 aliphatic rings. The van der Waals surface area contributed by atoms with Gasteiger partial charge in [-0.2, -0.15) is 0 Å². The summed E-state index contributed by atoms with van der Waals surface area (Å²) in [5, 5.41) is 3.10. The van der Waals surface area contributed by atoms with Gasteiger partial charge in [-0.15, -0.1) is 0 Å². The van der Waals surface area contributed by atoms with Crippen molar-refractivity contribution < 1.29 is 0 Å². The van der Waals surface area contributed by atoms with Crippen molar-refractivity contribution in [3.05, 3.63) is 0 Å². The molecule has 2 heteroatoms. The van der Waals surface area contributed by atoms with Crippen LogP contribution >= 0.6 is 0 Å². The third-order valence-electron chi connectivity index (χ3n) is 0.972. The van der Waals surface area contributed by atoms with Crippen LogP contribution in [0.5, 0.6) is 0 Å². The topological polar surface area (TPSA) is 38.0 Å². The van der Waals surface area contributed by atoms with Crippen LogP contribution in [0, 0.1) is 5.92 Å². The van der Waals surface area contributed by atoms with Gasteiger partial charge in [0.15, 0.2) is 0 Å². The van der Waals surface area contributed by atoms with Crippen molar-refractivity contribution in [2.75, 3.05) is 20.6 Å². The molecule has 0 aromatic heterocycles. The molecule has 0 radical (unpaired) electrons. The predicted molar refractivity (Wildman–Crippen MR) is 43.5 cm³/mol. The normalized spacial score (nSPS) is 8.67. The van der Waals surface area contributed by atoms with E-state index in [-0.39, 0.29) is 0 Å². The van der Waals surface area contributed by atoms with Crippen LogP contribution in [0.1, 0.15) is 20.3 Å². The number of hydrogen-bond donors (Lipinski definition) is 2. The third kappa shape index (κ3) is 18.1. The van der Waals surface area contributed by atoms with Crippen molar-refractivity contribution in [2.45, 2.75) is 20.3 Å². The molecule has 0 fully saturated rings. The maximum atomic E-state index is 4.50. The van der Waals surface area contributed by atoms with Crippen LogP contribution < -0.4 is 11.1 Å². The summed E-state index contributed by atoms with van der Waals surface area (Å²) in [5.74, 6) is 0.840. The van der Waals surface area contributed by atoms with E-state index in [9.17, 15) is 0 Å². The summed E-state index contributed by atoms with van der Waals surface area (Å²) in [5.41, 5.74) is 4.50. The lowest BCUT2D eigenvalue weighted by molar-refractivity contribution is 0.562. The van der Waals surface area contributed by atoms with Crippen LogP contribution in [0.15, 0.2) is 0 Å². The second-order valence-corrected chi connectivity index (χ2v) is 2.29. The van der Waals surface area contributed by atoms with Gasteiger partial charge in [0.1, 0.15) is 0 Å². The molecule has 0 heterocycles. The fraction of sp³-hybridized carbons (Fsp3) is 1.00. The molecule has 0 unspecified atom stereocenters. The Hall–Kier alpha value is -0.0800. The van der Waals surface area contributed by atoms with Gasteiger partial charge in [-0.05, 0) is 33.0 Å². The van der Waals surface area contributed by atoms with Crippen LogP contribution in [0.2, 0.25) is 0 Å². The summed E-state index contributed by atoms with van der Waals surface area (Å²) in [7, 11) is 3.49. The molecular weight excluding hydrogens is 112 g/mol. The van der Waals surface area contributed by atoms with Gasteiger partial charge in [0.05, 0.1) is 0 Å². The zero-order chi connectivity index (χ0) is 7.70. The molecule has 0 atom stereocenters. The van der Waals surface area contributed by atoms with Crippen LogP contribution in [0.25, 0.3) is 0 Å². The zero-order valence-electron chi connectivity index (χ0n) is 7.07. The van der Waals surface area contributed by atoms with E-state index >= 15 is 0 Å². The Morgan fingerprint density at radius 1 is 1.33 bits per heavy atom. The lowest BCUT2D eigenvalue weighted by Crippen LogP contribution is -2.09. The van der Waals surface area contributed by atoms with E-state index in [2.05, 4.69) is 24.9 Å². The zero-order valence-corrected chi connectivity index (χ0v) is 7.07. The van der Waals surface area contributed by atoms with E-state index < -0.39 is 0 Å². The highest BCUT2D eigenvalue weighted by atomic mass is 14.8. The summed E-state index contributed by atoms with van der Waals surface area (Å²) in [6, 6.07) is 0. The van der Waals surface area contributed by atoms with Crippen molar-refractivity contribution in [1.29, 1.82) is 0 Å². The Morgan fingerprint density at radius 3 is 1.89 bits per heavy atom. The number of hydrogen-bond acceptors (Lipinski definition) is 2. The Labute approximate surface area is 58.8 Å². The van der Waals surface area contributed by atoms with Crippen LogP contribution in [-0.4, -0.2) is 20.6 Å². The fourth-order valence-electron chi connectivity index (χ4n) is 0.433. The van der Waals surface area contributed by atoms with E-state index in [1.54, 1.807) is 0 Å². The van der Waals surface area contributed by atoms with E-state index in [0.717, 1.165) is 12.5 Å². The number of rotatable bonds is 3. The molecule has 0 bridgehead atoms. The van der Waals surface area contributed by atoms with Crippen LogP contribution in [0.4, 0.5) is 0 Å². The first kappa shape index (κ1) is 11.7. The highest BCUT2D eigenvalue weighted by Gasteiger charge is 1.88. The van der Waals surface area contributed by atoms with Crippen molar-refractivity contribution in [3.63, 3.8) is 0 Å². The molecule has 58 valence electrons. The van der Waals surface area contributed by atoms with Gasteiger partial charge < -0.3 is 11.1 Å². The maximum absolute atomic E-state index is 4.50. The molecule has 2 nitrogen and oxygen atoms in total. The Bertz CT molecular complexity index is 35.9. The van der Waals surface area contributed by atoms with E-state index in [4.69, 9.17) is 0 Å². The predicted octanol–water partition coefficient (Wildman–Crippen LogP) is 0.827. The van der Waals surface area contributed by atoms with E-state index in [1.165, 1.54) is 13.5 Å². The van der Waals surface area contributed by atoms with Crippen molar-refractivity contribution in [2.24, 2.45) is 11.7 Å². The Balaban J connectivity index is 0. The summed E-state index contributed by atoms with van der Waals surface area (Å²) in [4.78, 5) is 0. The van der Waals surface area contributed by atoms with Gasteiger partial charge in [-0.1, -0.05) is 13.8 Å². The first-order chi connectivity index (χ1) is 4.27. The minimum absolute atomic E-state index is 0.840. The molecule has 9 heavy (non-hydrogen) atoms. The van der Waals surface area contributed by atoms with E-state index in [0.29, 0.717) is 0 Å². The fourth-order valence-corrected chi connectivity index (χ4v) is 0.433. The molecule has 0 saturated heterocycles. The van der Waals surface area contributed by atoms with E-state index in [1.807, 2.05) is 7.05 Å². The minimum Gasteiger partial charge on any atom is -0.333 e. The molecule has 0 rings (SSSR count). The van der Waals surface area contributed by atoms with Crippen LogP contribution in [-0.2, 0) is 0 Å². The number of nitrogens with two attached hydrogens (primary N) is 1. The first-order valence-electron chi connectivity index (χ1n) is 3.49. The number of nitrogens with one attached hydrogen (secondary N) is 1. The molecule has 0 saturated carbocycles. The molecule has 0 aromatic rings. The van der Waals surface area contributed by atoms with Crippen molar-refractivity contribution in [3.8, 4) is 0 Å². The summed E-state index contributed by atoms with van der Waals surface area (Å²) < 4.78 is 0. The van der Waals surface area contributed by atoms with Crippen molar-refractivity contribution >= 4 is 0 Å². The lowest BCUT2D eigenvalue weighted by Gasteiger charge is -2.00. The quantitative estimate of drug-likeness (QED) is 0.597. The summed E-state index contributed by atoms with van der Waals surface area (Å²) in [6.45, 7) is 5.62. The molecule has 3 N–H and O–H groups in total. The maximum Gasteiger partial charge on any atom is -0.00495 e. The minimum atomic E-state index is 0.840. The van der Waals surface area contributed by atoms with Crippen molar-refractivity contribution in [1.82, 2.24) is 5.32 Å². The largest absolute Gasteiger partial charge is 0.333 e. The first-order valence-corrected chi connectivity index (χ1v) is 3.49.